The van der Waals surface area contributed by atoms with E-state index in [2.05, 4.69) is 9.72 Å². The number of carbonyl (C=O) groups is 1. The van der Waals surface area contributed by atoms with Gasteiger partial charge in [-0.2, -0.15) is 0 Å². The van der Waals surface area contributed by atoms with Gasteiger partial charge in [-0.05, 0) is 30.0 Å². The predicted octanol–water partition coefficient (Wildman–Crippen LogP) is 2.06. The maximum Gasteiger partial charge on any atom is 0.349 e. The fraction of sp³-hybridized carbons (Fsp3) is 0.231. The summed E-state index contributed by atoms with van der Waals surface area (Å²) >= 11 is 1.05. The van der Waals surface area contributed by atoms with E-state index in [4.69, 9.17) is 0 Å². The SMILES string of the molecule is COC(=O)c1scc(C)c1S(=O)(=O)N(C)c1cccnc1. The second kappa shape index (κ2) is 5.82. The number of nitrogens with zero attached hydrogens (tertiary/aromatic N) is 2. The molecule has 2 aromatic heterocycles. The quantitative estimate of drug-likeness (QED) is 0.804. The number of pyridine rings is 1. The summed E-state index contributed by atoms with van der Waals surface area (Å²) < 4.78 is 31.3. The number of carbonyl (C=O) groups excluding carboxylic acids is 1. The maximum absolute atomic E-state index is 12.8. The Bertz CT molecular complexity index is 754. The molecule has 0 amide bonds. The lowest BCUT2D eigenvalue weighted by Crippen LogP contribution is -2.28. The highest BCUT2D eigenvalue weighted by molar-refractivity contribution is 7.93. The molecule has 6 nitrogen and oxygen atoms in total. The molecule has 2 heterocycles. The topological polar surface area (TPSA) is 76.6 Å². The van der Waals surface area contributed by atoms with E-state index in [-0.39, 0.29) is 9.77 Å². The number of hydrogen-bond acceptors (Lipinski definition) is 6. The lowest BCUT2D eigenvalue weighted by atomic mass is 10.3. The van der Waals surface area contributed by atoms with E-state index in [1.165, 1.54) is 20.4 Å². The first-order valence-corrected chi connectivity index (χ1v) is 8.27. The third kappa shape index (κ3) is 2.77. The van der Waals surface area contributed by atoms with Gasteiger partial charge in [-0.3, -0.25) is 9.29 Å². The molecular formula is C13H14N2O4S2. The van der Waals surface area contributed by atoms with Crippen LogP contribution in [0.25, 0.3) is 0 Å². The maximum atomic E-state index is 12.8. The summed E-state index contributed by atoms with van der Waals surface area (Å²) in [4.78, 5) is 15.7. The van der Waals surface area contributed by atoms with Crippen molar-refractivity contribution in [2.45, 2.75) is 11.8 Å². The highest BCUT2D eigenvalue weighted by atomic mass is 32.2. The number of esters is 1. The number of hydrogen-bond donors (Lipinski definition) is 0. The van der Waals surface area contributed by atoms with Crippen molar-refractivity contribution in [3.8, 4) is 0 Å². The van der Waals surface area contributed by atoms with Gasteiger partial charge in [0.15, 0.2) is 0 Å². The normalized spacial score (nSPS) is 11.2. The van der Waals surface area contributed by atoms with Crippen LogP contribution in [0.3, 0.4) is 0 Å². The zero-order valence-corrected chi connectivity index (χ0v) is 13.4. The molecular weight excluding hydrogens is 312 g/mol. The Morgan fingerprint density at radius 3 is 2.71 bits per heavy atom. The summed E-state index contributed by atoms with van der Waals surface area (Å²) in [7, 11) is -1.22. The van der Waals surface area contributed by atoms with Gasteiger partial charge in [0.25, 0.3) is 10.0 Å². The van der Waals surface area contributed by atoms with E-state index in [0.29, 0.717) is 11.3 Å². The smallest absolute Gasteiger partial charge is 0.349 e. The zero-order chi connectivity index (χ0) is 15.6. The molecule has 2 aromatic rings. The Kier molecular flexibility index (Phi) is 4.29. The second-order valence-corrected chi connectivity index (χ2v) is 7.04. The molecule has 112 valence electrons. The fourth-order valence-electron chi connectivity index (χ4n) is 1.80. The molecule has 0 unspecified atom stereocenters. The number of ether oxygens (including phenoxy) is 1. The predicted molar refractivity (Wildman–Crippen MR) is 80.2 cm³/mol. The van der Waals surface area contributed by atoms with Crippen molar-refractivity contribution in [3.63, 3.8) is 0 Å². The van der Waals surface area contributed by atoms with Crippen LogP contribution in [0.15, 0.2) is 34.8 Å². The van der Waals surface area contributed by atoms with E-state index in [0.717, 1.165) is 15.6 Å². The minimum Gasteiger partial charge on any atom is -0.465 e. The third-order valence-corrected chi connectivity index (χ3v) is 6.10. The van der Waals surface area contributed by atoms with E-state index in [1.54, 1.807) is 30.6 Å². The van der Waals surface area contributed by atoms with Crippen LogP contribution in [0.4, 0.5) is 5.69 Å². The van der Waals surface area contributed by atoms with E-state index in [9.17, 15) is 13.2 Å². The first-order chi connectivity index (χ1) is 9.89. The largest absolute Gasteiger partial charge is 0.465 e. The van der Waals surface area contributed by atoms with Gasteiger partial charge in [-0.25, -0.2) is 13.2 Å². The molecule has 0 atom stereocenters. The van der Waals surface area contributed by atoms with Gasteiger partial charge in [-0.15, -0.1) is 11.3 Å². The Labute approximate surface area is 127 Å². The summed E-state index contributed by atoms with van der Waals surface area (Å²) in [6.45, 7) is 1.65. The van der Waals surface area contributed by atoms with Crippen molar-refractivity contribution in [2.24, 2.45) is 0 Å². The molecule has 0 saturated heterocycles. The zero-order valence-electron chi connectivity index (χ0n) is 11.7. The number of sulfonamides is 1. The van der Waals surface area contributed by atoms with Crippen LogP contribution < -0.4 is 4.31 Å². The molecule has 0 saturated carbocycles. The van der Waals surface area contributed by atoms with Crippen molar-refractivity contribution < 1.29 is 17.9 Å². The van der Waals surface area contributed by atoms with Gasteiger partial charge < -0.3 is 4.74 Å². The average Bonchev–Trinajstić information content (AvgIpc) is 2.89. The molecule has 0 bridgehead atoms. The average molecular weight is 326 g/mol. The van der Waals surface area contributed by atoms with Crippen molar-refractivity contribution in [2.75, 3.05) is 18.5 Å². The number of methoxy groups -OCH3 is 1. The van der Waals surface area contributed by atoms with Crippen LogP contribution in [0, 0.1) is 6.92 Å². The van der Waals surface area contributed by atoms with Gasteiger partial charge in [0.1, 0.15) is 9.77 Å². The van der Waals surface area contributed by atoms with Gasteiger partial charge in [0.05, 0.1) is 19.0 Å². The molecule has 0 aliphatic carbocycles. The summed E-state index contributed by atoms with van der Waals surface area (Å²) in [6, 6.07) is 3.27. The van der Waals surface area contributed by atoms with Gasteiger partial charge in [0.2, 0.25) is 0 Å². The van der Waals surface area contributed by atoms with Crippen LogP contribution >= 0.6 is 11.3 Å². The third-order valence-electron chi connectivity index (χ3n) is 2.92. The number of rotatable bonds is 4. The van der Waals surface area contributed by atoms with E-state index >= 15 is 0 Å². The Morgan fingerprint density at radius 1 is 1.43 bits per heavy atom. The van der Waals surface area contributed by atoms with Gasteiger partial charge in [0, 0.05) is 13.2 Å². The van der Waals surface area contributed by atoms with Crippen LogP contribution in [0.2, 0.25) is 0 Å². The minimum absolute atomic E-state index is 0.0225. The Hall–Kier alpha value is -1.93. The minimum atomic E-state index is -3.86. The lowest BCUT2D eigenvalue weighted by Gasteiger charge is -2.19. The van der Waals surface area contributed by atoms with Gasteiger partial charge in [-0.1, -0.05) is 0 Å². The van der Waals surface area contributed by atoms with Crippen LogP contribution in [0.1, 0.15) is 15.2 Å². The standard InChI is InChI=1S/C13H14N2O4S2/c1-9-8-20-11(13(16)19-3)12(9)21(17,18)15(2)10-5-4-6-14-7-10/h4-8H,1-3H3. The molecule has 0 fully saturated rings. The van der Waals surface area contributed by atoms with Crippen molar-refractivity contribution >= 4 is 33.0 Å². The first-order valence-electron chi connectivity index (χ1n) is 5.95. The summed E-state index contributed by atoms with van der Waals surface area (Å²) in [5.74, 6) is -0.661. The molecule has 8 heteroatoms. The Balaban J connectivity index is 2.55. The highest BCUT2D eigenvalue weighted by Crippen LogP contribution is 2.31. The molecule has 0 spiro atoms. The first kappa shape index (κ1) is 15.5. The number of anilines is 1. The summed E-state index contributed by atoms with van der Waals surface area (Å²) in [6.07, 6.45) is 3.00. The number of aromatic nitrogens is 1. The number of aryl methyl sites for hydroxylation is 1. The van der Waals surface area contributed by atoms with Crippen molar-refractivity contribution in [1.29, 1.82) is 0 Å². The van der Waals surface area contributed by atoms with Crippen LogP contribution in [-0.4, -0.2) is 33.5 Å². The van der Waals surface area contributed by atoms with Crippen molar-refractivity contribution in [3.05, 3.63) is 40.3 Å². The van der Waals surface area contributed by atoms with Crippen LogP contribution in [-0.2, 0) is 14.8 Å². The van der Waals surface area contributed by atoms with Gasteiger partial charge >= 0.3 is 5.97 Å². The molecule has 0 N–H and O–H groups in total. The molecule has 2 rings (SSSR count). The molecule has 0 radical (unpaired) electrons. The molecule has 0 aliphatic rings. The van der Waals surface area contributed by atoms with Crippen molar-refractivity contribution in [1.82, 2.24) is 4.98 Å². The van der Waals surface area contributed by atoms with E-state index in [1.807, 2.05) is 0 Å². The second-order valence-electron chi connectivity index (χ2n) is 4.25. The molecule has 0 aliphatic heterocycles. The summed E-state index contributed by atoms with van der Waals surface area (Å²) in [5, 5.41) is 1.62. The molecule has 0 aromatic carbocycles. The molecule has 21 heavy (non-hydrogen) atoms. The summed E-state index contributed by atoms with van der Waals surface area (Å²) in [5.41, 5.74) is 0.926. The Morgan fingerprint density at radius 2 is 2.14 bits per heavy atom. The van der Waals surface area contributed by atoms with Crippen LogP contribution in [0.5, 0.6) is 0 Å². The lowest BCUT2D eigenvalue weighted by molar-refractivity contribution is 0.0602. The number of thiophene rings is 1. The van der Waals surface area contributed by atoms with E-state index < -0.39 is 16.0 Å². The highest BCUT2D eigenvalue weighted by Gasteiger charge is 2.31. The fourth-order valence-corrected chi connectivity index (χ4v) is 4.64. The monoisotopic (exact) mass is 326 g/mol.